The maximum absolute atomic E-state index is 13.7. The van der Waals surface area contributed by atoms with Crippen LogP contribution in [0.5, 0.6) is 0 Å². The highest BCUT2D eigenvalue weighted by Gasteiger charge is 2.54. The molecule has 3 N–H and O–H groups in total. The Morgan fingerprint density at radius 1 is 0.917 bits per heavy atom. The van der Waals surface area contributed by atoms with E-state index in [4.69, 9.17) is 4.98 Å². The molecule has 2 atom stereocenters. The van der Waals surface area contributed by atoms with E-state index in [0.717, 1.165) is 99.6 Å². The van der Waals surface area contributed by atoms with E-state index in [9.17, 15) is 24.0 Å². The number of benzene rings is 2. The molecule has 5 heterocycles. The number of pyridine rings is 1. The second-order valence-corrected chi connectivity index (χ2v) is 16.8. The maximum Gasteiger partial charge on any atom is 0.264 e. The summed E-state index contributed by atoms with van der Waals surface area (Å²) in [5.74, 6) is 0.290. The van der Waals surface area contributed by atoms with Crippen molar-refractivity contribution in [3.05, 3.63) is 88.7 Å². The van der Waals surface area contributed by atoms with Crippen molar-refractivity contribution in [2.45, 2.75) is 76.8 Å². The lowest BCUT2D eigenvalue weighted by atomic mass is 9.60. The van der Waals surface area contributed by atoms with Gasteiger partial charge in [0.25, 0.3) is 11.8 Å². The van der Waals surface area contributed by atoms with Crippen molar-refractivity contribution in [3.63, 3.8) is 0 Å². The Morgan fingerprint density at radius 3 is 2.42 bits per heavy atom. The normalized spacial score (nSPS) is 20.0. The molecule has 310 valence electrons. The molecule has 2 aromatic heterocycles. The van der Waals surface area contributed by atoms with Crippen molar-refractivity contribution in [1.29, 1.82) is 0 Å². The molecule has 1 spiro atoms. The second kappa shape index (κ2) is 16.1. The van der Waals surface area contributed by atoms with E-state index in [0.29, 0.717) is 58.1 Å². The molecule has 0 radical (unpaired) electrons. The maximum atomic E-state index is 13.7. The molecule has 2 unspecified atom stereocenters. The first-order valence-corrected chi connectivity index (χ1v) is 21.2. The number of hydrogen-bond donors (Lipinski definition) is 3. The van der Waals surface area contributed by atoms with Gasteiger partial charge in [-0.15, -0.1) is 0 Å². The Balaban J connectivity index is 0.765. The number of imide groups is 2. The zero-order valence-electron chi connectivity index (χ0n) is 34.0. The number of anilines is 6. The Labute approximate surface area is 348 Å². The van der Waals surface area contributed by atoms with E-state index >= 15 is 0 Å². The van der Waals surface area contributed by atoms with Gasteiger partial charge in [0, 0.05) is 79.9 Å². The summed E-state index contributed by atoms with van der Waals surface area (Å²) < 4.78 is 0. The first kappa shape index (κ1) is 39.3. The summed E-state index contributed by atoms with van der Waals surface area (Å²) in [5, 5.41) is 8.67. The Kier molecular flexibility index (Phi) is 10.5. The molecule has 4 amide bonds. The zero-order chi connectivity index (χ0) is 41.5. The SMILES string of the molecule is CCCC(C(=O)NC=O)N1C(=O)c2cccc(N3CCN(C4CC5(C4)CN(c4ccc(Nc6ncc(C=O)c(Nc7ccc8c(n7)C(CC)CC8)n6)cc4)C5)CC3)c2C1=O. The molecule has 15 heteroatoms. The fourth-order valence-electron chi connectivity index (χ4n) is 10.0. The highest BCUT2D eigenvalue weighted by atomic mass is 16.2. The highest BCUT2D eigenvalue weighted by molar-refractivity contribution is 6.25. The highest BCUT2D eigenvalue weighted by Crippen LogP contribution is 2.51. The minimum Gasteiger partial charge on any atom is -0.370 e. The number of carbonyl (C=O) groups excluding carboxylic acids is 5. The van der Waals surface area contributed by atoms with Crippen LogP contribution in [0, 0.1) is 5.41 Å². The molecule has 1 saturated carbocycles. The van der Waals surface area contributed by atoms with Crippen LogP contribution >= 0.6 is 0 Å². The van der Waals surface area contributed by atoms with E-state index < -0.39 is 23.8 Å². The van der Waals surface area contributed by atoms with Gasteiger partial charge in [0.05, 0.1) is 22.4 Å². The number of nitrogens with one attached hydrogen (secondary N) is 3. The monoisotopic (exact) mass is 810 g/mol. The number of nitrogens with zero attached hydrogens (tertiary/aromatic N) is 7. The molecule has 9 rings (SSSR count). The predicted octanol–water partition coefficient (Wildman–Crippen LogP) is 5.44. The number of amides is 4. The number of hydrogen-bond acceptors (Lipinski definition) is 13. The van der Waals surface area contributed by atoms with Crippen molar-refractivity contribution >= 4 is 65.1 Å². The Morgan fingerprint density at radius 2 is 1.70 bits per heavy atom. The van der Waals surface area contributed by atoms with Gasteiger partial charge >= 0.3 is 0 Å². The van der Waals surface area contributed by atoms with Crippen molar-refractivity contribution in [2.75, 3.05) is 59.7 Å². The van der Waals surface area contributed by atoms with Crippen molar-refractivity contribution < 1.29 is 24.0 Å². The number of carbonyl (C=O) groups is 5. The van der Waals surface area contributed by atoms with Gasteiger partial charge in [-0.3, -0.25) is 39.1 Å². The van der Waals surface area contributed by atoms with Gasteiger partial charge in [-0.2, -0.15) is 4.98 Å². The molecular formula is C45H50N10O5. The molecule has 3 fully saturated rings. The summed E-state index contributed by atoms with van der Waals surface area (Å²) in [5.41, 5.74) is 6.49. The summed E-state index contributed by atoms with van der Waals surface area (Å²) in [7, 11) is 0. The fourth-order valence-corrected chi connectivity index (χ4v) is 10.0. The number of aldehydes is 1. The van der Waals surface area contributed by atoms with Crippen molar-refractivity contribution in [3.8, 4) is 0 Å². The summed E-state index contributed by atoms with van der Waals surface area (Å²) in [6, 6.07) is 17.1. The fraction of sp³-hybridized carbons (Fsp3) is 0.422. The molecule has 2 aliphatic carbocycles. The van der Waals surface area contributed by atoms with Gasteiger partial charge in [0.2, 0.25) is 18.3 Å². The van der Waals surface area contributed by atoms with E-state index in [1.165, 1.54) is 17.4 Å². The first-order valence-electron chi connectivity index (χ1n) is 21.2. The van der Waals surface area contributed by atoms with E-state index in [1.807, 2.05) is 31.2 Å². The quantitative estimate of drug-likeness (QED) is 0.109. The van der Waals surface area contributed by atoms with Gasteiger partial charge in [-0.05, 0) is 86.6 Å². The minimum absolute atomic E-state index is 0.272. The molecule has 15 nitrogen and oxygen atoms in total. The number of aromatic nitrogens is 3. The van der Waals surface area contributed by atoms with Crippen LogP contribution in [0.15, 0.2) is 60.8 Å². The summed E-state index contributed by atoms with van der Waals surface area (Å²) in [4.78, 5) is 84.8. The van der Waals surface area contributed by atoms with Gasteiger partial charge in [0.15, 0.2) is 6.29 Å². The van der Waals surface area contributed by atoms with Crippen LogP contribution in [0.3, 0.4) is 0 Å². The van der Waals surface area contributed by atoms with E-state index in [-0.39, 0.29) is 12.8 Å². The molecule has 0 bridgehead atoms. The molecule has 5 aliphatic rings. The van der Waals surface area contributed by atoms with Crippen molar-refractivity contribution in [2.24, 2.45) is 5.41 Å². The smallest absolute Gasteiger partial charge is 0.264 e. The van der Waals surface area contributed by atoms with E-state index in [1.54, 1.807) is 12.1 Å². The molecule has 2 aromatic carbocycles. The molecule has 60 heavy (non-hydrogen) atoms. The van der Waals surface area contributed by atoms with Crippen molar-refractivity contribution in [1.82, 2.24) is 30.1 Å². The third-order valence-electron chi connectivity index (χ3n) is 13.2. The molecular weight excluding hydrogens is 761 g/mol. The van der Waals surface area contributed by atoms with Crippen LogP contribution in [0.4, 0.5) is 34.6 Å². The third kappa shape index (κ3) is 7.14. The number of piperazine rings is 1. The number of aryl methyl sites for hydroxylation is 1. The number of rotatable bonds is 14. The Hall–Kier alpha value is -6.22. The van der Waals surface area contributed by atoms with E-state index in [2.05, 4.69) is 65.7 Å². The predicted molar refractivity (Wildman–Crippen MR) is 227 cm³/mol. The summed E-state index contributed by atoms with van der Waals surface area (Å²) >= 11 is 0. The topological polar surface area (TPSA) is 173 Å². The van der Waals surface area contributed by atoms with Crippen LogP contribution in [0.1, 0.15) is 101 Å². The summed E-state index contributed by atoms with van der Waals surface area (Å²) in [6.45, 7) is 9.27. The molecule has 3 aliphatic heterocycles. The van der Waals surface area contributed by atoms with Crippen LogP contribution in [-0.4, -0.2) is 107 Å². The van der Waals surface area contributed by atoms with Crippen LogP contribution in [-0.2, 0) is 16.0 Å². The minimum atomic E-state index is -1.04. The zero-order valence-corrected chi connectivity index (χ0v) is 34.0. The molecule has 2 saturated heterocycles. The van der Waals surface area contributed by atoms with Gasteiger partial charge in [-0.1, -0.05) is 32.4 Å². The second-order valence-electron chi connectivity index (χ2n) is 16.8. The lowest BCUT2D eigenvalue weighted by Gasteiger charge is -2.62. The molecule has 4 aromatic rings. The third-order valence-corrected chi connectivity index (χ3v) is 13.2. The average molecular weight is 811 g/mol. The lowest BCUT2D eigenvalue weighted by molar-refractivity contribution is -0.128. The Bertz CT molecular complexity index is 2330. The van der Waals surface area contributed by atoms with Gasteiger partial charge < -0.3 is 20.4 Å². The number of fused-ring (bicyclic) bond motifs is 2. The standard InChI is InChI=1S/C45H50N10O5/c1-3-6-36(41(58)47-27-57)55-42(59)34-7-5-8-35(38(34)43(55)60)53-19-17-52(18-20-53)33-21-45(22-33)25-54(26-45)32-14-12-31(13-15-32)48-44-46-23-30(24-56)40(51-44)50-37-16-11-29-10-9-28(4-2)39(29)49-37/h5,7-8,11-16,23-24,27-28,33,36H,3-4,6,9-10,17-22,25-26H2,1-2H3,(H,47,57,58)(H2,46,48,49,50,51). The van der Waals surface area contributed by atoms with Crippen LogP contribution in [0.25, 0.3) is 0 Å². The largest absolute Gasteiger partial charge is 0.370 e. The lowest BCUT2D eigenvalue weighted by Crippen LogP contribution is -2.68. The average Bonchev–Trinajstić information content (AvgIpc) is 3.76. The first-order chi connectivity index (χ1) is 29.2. The van der Waals surface area contributed by atoms with Gasteiger partial charge in [0.1, 0.15) is 17.7 Å². The summed E-state index contributed by atoms with van der Waals surface area (Å²) in [6.07, 6.45) is 8.92. The van der Waals surface area contributed by atoms with Crippen LogP contribution < -0.4 is 25.8 Å². The van der Waals surface area contributed by atoms with Gasteiger partial charge in [-0.25, -0.2) is 9.97 Å². The van der Waals surface area contributed by atoms with Crippen LogP contribution in [0.2, 0.25) is 0 Å².